The molecule has 1 fully saturated rings. The van der Waals surface area contributed by atoms with Crippen molar-refractivity contribution in [3.63, 3.8) is 0 Å². The van der Waals surface area contributed by atoms with Gasteiger partial charge in [0.15, 0.2) is 9.84 Å². The van der Waals surface area contributed by atoms with E-state index in [0.29, 0.717) is 29.9 Å². The van der Waals surface area contributed by atoms with E-state index in [2.05, 4.69) is 20.9 Å². The summed E-state index contributed by atoms with van der Waals surface area (Å²) in [6, 6.07) is 9.62. The number of urea groups is 1. The van der Waals surface area contributed by atoms with E-state index >= 15 is 0 Å². The highest BCUT2D eigenvalue weighted by Gasteiger charge is 2.27. The Bertz CT molecular complexity index is 1190. The summed E-state index contributed by atoms with van der Waals surface area (Å²) >= 11 is 0. The zero-order chi connectivity index (χ0) is 21.1. The highest BCUT2D eigenvalue weighted by atomic mass is 32.2. The van der Waals surface area contributed by atoms with Crippen molar-refractivity contribution < 1.29 is 18.0 Å². The summed E-state index contributed by atoms with van der Waals surface area (Å²) in [7, 11) is -2.96. The fourth-order valence-electron chi connectivity index (χ4n) is 3.36. The van der Waals surface area contributed by atoms with Gasteiger partial charge in [-0.25, -0.2) is 18.2 Å². The van der Waals surface area contributed by atoms with E-state index in [-0.39, 0.29) is 23.3 Å². The van der Waals surface area contributed by atoms with E-state index in [4.69, 9.17) is 0 Å². The third-order valence-electron chi connectivity index (χ3n) is 4.93. The molecule has 0 aliphatic carbocycles. The molecule has 1 aliphatic heterocycles. The van der Waals surface area contributed by atoms with Crippen LogP contribution in [0.15, 0.2) is 55.0 Å². The second-order valence-electron chi connectivity index (χ2n) is 7.25. The summed E-state index contributed by atoms with van der Waals surface area (Å²) in [5, 5.41) is 8.23. The van der Waals surface area contributed by atoms with Gasteiger partial charge in [0.05, 0.1) is 17.2 Å². The molecule has 1 aromatic carbocycles. The van der Waals surface area contributed by atoms with E-state index in [9.17, 15) is 18.0 Å². The summed E-state index contributed by atoms with van der Waals surface area (Å²) in [5.74, 6) is -0.000361. The topological polar surface area (TPSA) is 122 Å². The van der Waals surface area contributed by atoms with E-state index < -0.39 is 15.9 Å². The smallest absolute Gasteiger partial charge is 0.323 e. The molecule has 3 N–H and O–H groups in total. The number of pyridine rings is 1. The Kier molecular flexibility index (Phi) is 5.40. The molecule has 0 bridgehead atoms. The number of carbonyl (C=O) groups excluding carboxylic acids is 2. The number of amides is 3. The van der Waals surface area contributed by atoms with Crippen LogP contribution in [-0.2, 0) is 9.84 Å². The van der Waals surface area contributed by atoms with Crippen LogP contribution in [0, 0.1) is 5.92 Å². The van der Waals surface area contributed by atoms with Gasteiger partial charge in [0.25, 0.3) is 5.91 Å². The van der Waals surface area contributed by atoms with Crippen molar-refractivity contribution in [1.29, 1.82) is 0 Å². The molecule has 1 saturated heterocycles. The van der Waals surface area contributed by atoms with Crippen molar-refractivity contribution in [3.05, 3.63) is 60.6 Å². The standard InChI is InChI=1S/C20H21N5O4S/c26-19(22-11-14-7-10-30(28,29)13-14)15-1-3-16(4-2-15)23-20(27)24-17-5-6-18-21-8-9-25(18)12-17/h1-6,8-9,12,14H,7,10-11,13H2,(H,22,26)(H2,23,24,27). The molecular weight excluding hydrogens is 406 g/mol. The summed E-state index contributed by atoms with van der Waals surface area (Å²) in [5.41, 5.74) is 2.37. The van der Waals surface area contributed by atoms with Crippen LogP contribution in [0.1, 0.15) is 16.8 Å². The molecule has 1 unspecified atom stereocenters. The first-order chi connectivity index (χ1) is 14.4. The van der Waals surface area contributed by atoms with Gasteiger partial charge in [-0.05, 0) is 48.7 Å². The number of benzene rings is 1. The van der Waals surface area contributed by atoms with Crippen molar-refractivity contribution in [3.8, 4) is 0 Å². The average molecular weight is 427 g/mol. The van der Waals surface area contributed by atoms with Gasteiger partial charge in [-0.3, -0.25) is 4.79 Å². The predicted octanol–water partition coefficient (Wildman–Crippen LogP) is 2.14. The van der Waals surface area contributed by atoms with Crippen LogP contribution in [0.25, 0.3) is 5.65 Å². The lowest BCUT2D eigenvalue weighted by Gasteiger charge is -2.11. The largest absolute Gasteiger partial charge is 0.352 e. The first-order valence-corrected chi connectivity index (χ1v) is 11.3. The summed E-state index contributed by atoms with van der Waals surface area (Å²) < 4.78 is 24.8. The summed E-state index contributed by atoms with van der Waals surface area (Å²) in [4.78, 5) is 28.6. The van der Waals surface area contributed by atoms with Crippen molar-refractivity contribution in [2.24, 2.45) is 5.92 Å². The number of carbonyl (C=O) groups is 2. The van der Waals surface area contributed by atoms with Gasteiger partial charge in [0, 0.05) is 36.4 Å². The Balaban J connectivity index is 1.29. The zero-order valence-electron chi connectivity index (χ0n) is 16.0. The number of aromatic nitrogens is 2. The monoisotopic (exact) mass is 427 g/mol. The number of fused-ring (bicyclic) bond motifs is 1. The number of sulfone groups is 1. The molecule has 1 aliphatic rings. The number of hydrogen-bond acceptors (Lipinski definition) is 5. The lowest BCUT2D eigenvalue weighted by atomic mass is 10.1. The average Bonchev–Trinajstić information content (AvgIpc) is 3.32. The van der Waals surface area contributed by atoms with Gasteiger partial charge in [0.2, 0.25) is 0 Å². The number of imidazole rings is 1. The quantitative estimate of drug-likeness (QED) is 0.576. The first kappa shape index (κ1) is 19.9. The Hall–Kier alpha value is -3.40. The summed E-state index contributed by atoms with van der Waals surface area (Å²) in [6.45, 7) is 0.335. The SMILES string of the molecule is O=C(Nc1ccc(C(=O)NCC2CCS(=O)(=O)C2)cc1)Nc1ccc2nccn2c1. The van der Waals surface area contributed by atoms with Crippen LogP contribution in [0.2, 0.25) is 0 Å². The molecule has 0 radical (unpaired) electrons. The highest BCUT2D eigenvalue weighted by molar-refractivity contribution is 7.91. The van der Waals surface area contributed by atoms with Crippen LogP contribution in [-0.4, -0.2) is 47.8 Å². The van der Waals surface area contributed by atoms with Crippen LogP contribution in [0.4, 0.5) is 16.2 Å². The molecule has 10 heteroatoms. The van der Waals surface area contributed by atoms with Gasteiger partial charge in [-0.2, -0.15) is 0 Å². The number of nitrogens with one attached hydrogen (secondary N) is 3. The maximum Gasteiger partial charge on any atom is 0.323 e. The Labute approximate surface area is 173 Å². The van der Waals surface area contributed by atoms with Crippen LogP contribution in [0.3, 0.4) is 0 Å². The molecular formula is C20H21N5O4S. The Morgan fingerprint density at radius 1 is 1.07 bits per heavy atom. The maximum atomic E-state index is 12.3. The van der Waals surface area contributed by atoms with Crippen molar-refractivity contribution >= 4 is 38.8 Å². The fraction of sp³-hybridized carbons (Fsp3) is 0.250. The molecule has 1 atom stereocenters. The Morgan fingerprint density at radius 3 is 2.53 bits per heavy atom. The predicted molar refractivity (Wildman–Crippen MR) is 113 cm³/mol. The van der Waals surface area contributed by atoms with Crippen molar-refractivity contribution in [1.82, 2.24) is 14.7 Å². The van der Waals surface area contributed by atoms with E-state index in [1.165, 1.54) is 0 Å². The number of hydrogen-bond donors (Lipinski definition) is 3. The summed E-state index contributed by atoms with van der Waals surface area (Å²) in [6.07, 6.45) is 5.79. The first-order valence-electron chi connectivity index (χ1n) is 9.47. The Morgan fingerprint density at radius 2 is 1.80 bits per heavy atom. The molecule has 9 nitrogen and oxygen atoms in total. The van der Waals surface area contributed by atoms with Gasteiger partial charge in [-0.1, -0.05) is 0 Å². The number of nitrogens with zero attached hydrogens (tertiary/aromatic N) is 2. The molecule has 0 saturated carbocycles. The van der Waals surface area contributed by atoms with Gasteiger partial charge < -0.3 is 20.4 Å². The fourth-order valence-corrected chi connectivity index (χ4v) is 5.23. The molecule has 4 rings (SSSR count). The van der Waals surface area contributed by atoms with Crippen molar-refractivity contribution in [2.45, 2.75) is 6.42 Å². The molecule has 3 amide bonds. The van der Waals surface area contributed by atoms with Crippen molar-refractivity contribution in [2.75, 3.05) is 28.7 Å². The van der Waals surface area contributed by atoms with E-state index in [1.807, 2.05) is 0 Å². The maximum absolute atomic E-state index is 12.3. The lowest BCUT2D eigenvalue weighted by Crippen LogP contribution is -2.29. The molecule has 3 heterocycles. The lowest BCUT2D eigenvalue weighted by molar-refractivity contribution is 0.0948. The minimum Gasteiger partial charge on any atom is -0.352 e. The highest BCUT2D eigenvalue weighted by Crippen LogP contribution is 2.18. The molecule has 0 spiro atoms. The minimum absolute atomic E-state index is 0.0369. The zero-order valence-corrected chi connectivity index (χ0v) is 16.9. The van der Waals surface area contributed by atoms with Gasteiger partial charge >= 0.3 is 6.03 Å². The molecule has 3 aromatic rings. The van der Waals surface area contributed by atoms with E-state index in [0.717, 1.165) is 5.65 Å². The van der Waals surface area contributed by atoms with Crippen LogP contribution < -0.4 is 16.0 Å². The van der Waals surface area contributed by atoms with Crippen LogP contribution >= 0.6 is 0 Å². The molecule has 30 heavy (non-hydrogen) atoms. The van der Waals surface area contributed by atoms with E-state index in [1.54, 1.807) is 59.4 Å². The molecule has 156 valence electrons. The number of rotatable bonds is 5. The minimum atomic E-state index is -2.96. The number of anilines is 2. The second-order valence-corrected chi connectivity index (χ2v) is 9.47. The third kappa shape index (κ3) is 4.77. The van der Waals surface area contributed by atoms with Gasteiger partial charge in [0.1, 0.15) is 5.65 Å². The normalized spacial score (nSPS) is 17.5. The third-order valence-corrected chi connectivity index (χ3v) is 6.77. The van der Waals surface area contributed by atoms with Gasteiger partial charge in [-0.15, -0.1) is 0 Å². The molecule has 2 aromatic heterocycles. The second kappa shape index (κ2) is 8.15. The van der Waals surface area contributed by atoms with Crippen LogP contribution in [0.5, 0.6) is 0 Å².